The lowest BCUT2D eigenvalue weighted by molar-refractivity contribution is 0.0932. The molecule has 1 rings (SSSR count). The number of unbranched alkanes of at least 4 members (excludes halogenated alkanes) is 1. The Morgan fingerprint density at radius 2 is 1.74 bits per heavy atom. The van der Waals surface area contributed by atoms with Crippen molar-refractivity contribution in [3.63, 3.8) is 0 Å². The molecule has 1 unspecified atom stereocenters. The standard InChI is InChI=1S/C15H25N3O/c1-3-5-7-14(6-4-2)18-15(19)11-8-12(16)10-13(17)9-11/h8-10,14H,3-7,16-17H2,1-2H3,(H,18,19). The van der Waals surface area contributed by atoms with E-state index in [0.29, 0.717) is 16.9 Å². The first-order valence-corrected chi connectivity index (χ1v) is 7.03. The number of nitrogens with one attached hydrogen (secondary N) is 1. The monoisotopic (exact) mass is 263 g/mol. The van der Waals surface area contributed by atoms with E-state index in [0.717, 1.165) is 32.1 Å². The SMILES string of the molecule is CCCCC(CCC)NC(=O)c1cc(N)cc(N)c1. The first-order valence-electron chi connectivity index (χ1n) is 7.03. The van der Waals surface area contributed by atoms with Gasteiger partial charge in [-0.25, -0.2) is 0 Å². The Hall–Kier alpha value is -1.71. The Labute approximate surface area is 115 Å². The summed E-state index contributed by atoms with van der Waals surface area (Å²) in [6.45, 7) is 4.28. The maximum Gasteiger partial charge on any atom is 0.251 e. The zero-order valence-corrected chi connectivity index (χ0v) is 11.9. The van der Waals surface area contributed by atoms with Crippen LogP contribution < -0.4 is 16.8 Å². The average Bonchev–Trinajstić information content (AvgIpc) is 2.35. The molecule has 4 nitrogen and oxygen atoms in total. The molecule has 0 saturated heterocycles. The Kier molecular flexibility index (Phi) is 6.19. The summed E-state index contributed by atoms with van der Waals surface area (Å²) in [6, 6.07) is 5.21. The number of nitrogens with two attached hydrogens (primary N) is 2. The largest absolute Gasteiger partial charge is 0.399 e. The molecular weight excluding hydrogens is 238 g/mol. The molecular formula is C15H25N3O. The third kappa shape index (κ3) is 5.20. The van der Waals surface area contributed by atoms with Crippen molar-refractivity contribution in [2.75, 3.05) is 11.5 Å². The van der Waals surface area contributed by atoms with E-state index < -0.39 is 0 Å². The van der Waals surface area contributed by atoms with Crippen LogP contribution in [0, 0.1) is 0 Å². The predicted octanol–water partition coefficient (Wildman–Crippen LogP) is 2.94. The molecule has 5 N–H and O–H groups in total. The molecule has 0 heterocycles. The van der Waals surface area contributed by atoms with Gasteiger partial charge in [0.25, 0.3) is 5.91 Å². The van der Waals surface area contributed by atoms with Crippen LogP contribution in [-0.4, -0.2) is 11.9 Å². The maximum atomic E-state index is 12.2. The van der Waals surface area contributed by atoms with E-state index in [-0.39, 0.29) is 11.9 Å². The van der Waals surface area contributed by atoms with Crippen LogP contribution in [0.2, 0.25) is 0 Å². The topological polar surface area (TPSA) is 81.1 Å². The van der Waals surface area contributed by atoms with Gasteiger partial charge in [0.1, 0.15) is 0 Å². The van der Waals surface area contributed by atoms with Crippen LogP contribution >= 0.6 is 0 Å². The fourth-order valence-corrected chi connectivity index (χ4v) is 2.16. The van der Waals surface area contributed by atoms with E-state index in [4.69, 9.17) is 11.5 Å². The highest BCUT2D eigenvalue weighted by Crippen LogP contribution is 2.15. The van der Waals surface area contributed by atoms with Gasteiger partial charge in [-0.15, -0.1) is 0 Å². The molecule has 0 saturated carbocycles. The van der Waals surface area contributed by atoms with Crippen LogP contribution in [0.4, 0.5) is 11.4 Å². The second-order valence-corrected chi connectivity index (χ2v) is 4.99. The van der Waals surface area contributed by atoms with Gasteiger partial charge in [0, 0.05) is 23.0 Å². The molecule has 1 aromatic rings. The van der Waals surface area contributed by atoms with Crippen LogP contribution in [0.5, 0.6) is 0 Å². The van der Waals surface area contributed by atoms with E-state index in [2.05, 4.69) is 19.2 Å². The molecule has 4 heteroatoms. The molecule has 0 spiro atoms. The molecule has 1 aromatic carbocycles. The fourth-order valence-electron chi connectivity index (χ4n) is 2.16. The van der Waals surface area contributed by atoms with Crippen molar-refractivity contribution < 1.29 is 4.79 Å². The summed E-state index contributed by atoms with van der Waals surface area (Å²) < 4.78 is 0. The van der Waals surface area contributed by atoms with Gasteiger partial charge in [0.15, 0.2) is 0 Å². The Balaban J connectivity index is 2.69. The molecule has 1 amide bonds. The molecule has 0 aliphatic heterocycles. The first-order chi connectivity index (χ1) is 9.06. The average molecular weight is 263 g/mol. The van der Waals surface area contributed by atoms with E-state index in [9.17, 15) is 4.79 Å². The van der Waals surface area contributed by atoms with Crippen molar-refractivity contribution in [1.82, 2.24) is 5.32 Å². The third-order valence-corrected chi connectivity index (χ3v) is 3.12. The molecule has 0 aliphatic rings. The van der Waals surface area contributed by atoms with E-state index >= 15 is 0 Å². The minimum atomic E-state index is -0.0893. The molecule has 106 valence electrons. The highest BCUT2D eigenvalue weighted by atomic mass is 16.1. The minimum Gasteiger partial charge on any atom is -0.399 e. The lowest BCUT2D eigenvalue weighted by Gasteiger charge is -2.18. The number of anilines is 2. The Bertz CT molecular complexity index is 398. The van der Waals surface area contributed by atoms with E-state index in [1.807, 2.05) is 0 Å². The van der Waals surface area contributed by atoms with Gasteiger partial charge < -0.3 is 16.8 Å². The zero-order chi connectivity index (χ0) is 14.3. The normalized spacial score (nSPS) is 12.1. The van der Waals surface area contributed by atoms with Crippen LogP contribution in [0.25, 0.3) is 0 Å². The number of amides is 1. The predicted molar refractivity (Wildman–Crippen MR) is 81.0 cm³/mol. The molecule has 0 fully saturated rings. The molecule has 0 aliphatic carbocycles. The zero-order valence-electron chi connectivity index (χ0n) is 11.9. The summed E-state index contributed by atoms with van der Waals surface area (Å²) in [5.74, 6) is -0.0893. The summed E-state index contributed by atoms with van der Waals surface area (Å²) in [5.41, 5.74) is 13.0. The highest BCUT2D eigenvalue weighted by molar-refractivity contribution is 5.96. The lowest BCUT2D eigenvalue weighted by Crippen LogP contribution is -2.34. The first kappa shape index (κ1) is 15.3. The van der Waals surface area contributed by atoms with Crippen LogP contribution in [0.15, 0.2) is 18.2 Å². The number of benzene rings is 1. The van der Waals surface area contributed by atoms with Gasteiger partial charge in [-0.1, -0.05) is 33.1 Å². The van der Waals surface area contributed by atoms with Crippen LogP contribution in [0.3, 0.4) is 0 Å². The number of hydrogen-bond donors (Lipinski definition) is 3. The number of rotatable bonds is 7. The molecule has 0 radical (unpaired) electrons. The fraction of sp³-hybridized carbons (Fsp3) is 0.533. The second kappa shape index (κ2) is 7.67. The van der Waals surface area contributed by atoms with Crippen molar-refractivity contribution in [1.29, 1.82) is 0 Å². The lowest BCUT2D eigenvalue weighted by atomic mass is 10.0. The molecule has 19 heavy (non-hydrogen) atoms. The summed E-state index contributed by atoms with van der Waals surface area (Å²) in [5, 5.41) is 3.07. The van der Waals surface area contributed by atoms with E-state index in [1.165, 1.54) is 0 Å². The number of carbonyl (C=O) groups is 1. The van der Waals surface area contributed by atoms with Gasteiger partial charge in [-0.3, -0.25) is 4.79 Å². The summed E-state index contributed by atoms with van der Waals surface area (Å²) in [7, 11) is 0. The van der Waals surface area contributed by atoms with Gasteiger partial charge in [0.2, 0.25) is 0 Å². The highest BCUT2D eigenvalue weighted by Gasteiger charge is 2.13. The van der Waals surface area contributed by atoms with Crippen molar-refractivity contribution >= 4 is 17.3 Å². The van der Waals surface area contributed by atoms with Crippen LogP contribution in [-0.2, 0) is 0 Å². The third-order valence-electron chi connectivity index (χ3n) is 3.12. The Morgan fingerprint density at radius 1 is 1.11 bits per heavy atom. The quantitative estimate of drug-likeness (QED) is 0.661. The van der Waals surface area contributed by atoms with Crippen molar-refractivity contribution in [2.45, 2.75) is 52.0 Å². The second-order valence-electron chi connectivity index (χ2n) is 4.99. The van der Waals surface area contributed by atoms with Gasteiger partial charge in [0.05, 0.1) is 0 Å². The Morgan fingerprint density at radius 3 is 2.26 bits per heavy atom. The summed E-state index contributed by atoms with van der Waals surface area (Å²) in [6.07, 6.45) is 5.36. The minimum absolute atomic E-state index is 0.0893. The van der Waals surface area contributed by atoms with Crippen molar-refractivity contribution in [2.24, 2.45) is 0 Å². The number of hydrogen-bond acceptors (Lipinski definition) is 3. The van der Waals surface area contributed by atoms with Crippen LogP contribution in [0.1, 0.15) is 56.3 Å². The van der Waals surface area contributed by atoms with Crippen molar-refractivity contribution in [3.05, 3.63) is 23.8 Å². The molecule has 1 atom stereocenters. The van der Waals surface area contributed by atoms with Gasteiger partial charge in [-0.05, 0) is 31.0 Å². The number of nitrogen functional groups attached to an aromatic ring is 2. The van der Waals surface area contributed by atoms with Gasteiger partial charge >= 0.3 is 0 Å². The van der Waals surface area contributed by atoms with E-state index in [1.54, 1.807) is 18.2 Å². The summed E-state index contributed by atoms with van der Waals surface area (Å²) in [4.78, 5) is 12.2. The maximum absolute atomic E-state index is 12.2. The summed E-state index contributed by atoms with van der Waals surface area (Å²) >= 11 is 0. The number of carbonyl (C=O) groups excluding carboxylic acids is 1. The molecule has 0 aromatic heterocycles. The molecule has 0 bridgehead atoms. The smallest absolute Gasteiger partial charge is 0.251 e. The van der Waals surface area contributed by atoms with Crippen molar-refractivity contribution in [3.8, 4) is 0 Å². The van der Waals surface area contributed by atoms with Gasteiger partial charge in [-0.2, -0.15) is 0 Å².